The molecule has 2 aromatic rings. The normalized spacial score (nSPS) is 10.0. The molecule has 5 nitrogen and oxygen atoms in total. The molecule has 0 aromatic heterocycles. The van der Waals surface area contributed by atoms with E-state index in [1.165, 1.54) is 0 Å². The lowest BCUT2D eigenvalue weighted by Crippen LogP contribution is -2.15. The molecule has 0 aliphatic carbocycles. The van der Waals surface area contributed by atoms with Crippen LogP contribution in [0.5, 0.6) is 11.5 Å². The van der Waals surface area contributed by atoms with E-state index in [0.717, 1.165) is 11.3 Å². The van der Waals surface area contributed by atoms with E-state index in [1.54, 1.807) is 26.4 Å². The van der Waals surface area contributed by atoms with Crippen molar-refractivity contribution in [3.63, 3.8) is 0 Å². The summed E-state index contributed by atoms with van der Waals surface area (Å²) in [4.78, 5) is 11.4. The maximum absolute atomic E-state index is 11.4. The quantitative estimate of drug-likeness (QED) is 0.855. The fourth-order valence-electron chi connectivity index (χ4n) is 2.06. The maximum atomic E-state index is 11.4. The van der Waals surface area contributed by atoms with Gasteiger partial charge in [0.15, 0.2) is 11.5 Å². The van der Waals surface area contributed by atoms with Crippen LogP contribution in [-0.4, -0.2) is 20.1 Å². The molecule has 2 rings (SSSR count). The van der Waals surface area contributed by atoms with Crippen LogP contribution < -0.4 is 20.5 Å². The van der Waals surface area contributed by atoms with Crippen molar-refractivity contribution in [1.82, 2.24) is 0 Å². The third-order valence-corrected chi connectivity index (χ3v) is 3.15. The molecule has 5 heteroatoms. The summed E-state index contributed by atoms with van der Waals surface area (Å²) in [5.74, 6) is 0.881. The molecule has 0 saturated carbocycles. The molecule has 0 saturated heterocycles. The molecule has 1 amide bonds. The van der Waals surface area contributed by atoms with Crippen LogP contribution in [0.2, 0.25) is 0 Å². The molecule has 21 heavy (non-hydrogen) atoms. The first-order valence-electron chi connectivity index (χ1n) is 6.49. The molecule has 0 aliphatic heterocycles. The molecule has 0 radical (unpaired) electrons. The minimum absolute atomic E-state index is 0.431. The molecule has 0 heterocycles. The Morgan fingerprint density at radius 1 is 1.10 bits per heavy atom. The lowest BCUT2D eigenvalue weighted by atomic mass is 10.1. The van der Waals surface area contributed by atoms with E-state index in [4.69, 9.17) is 15.2 Å². The van der Waals surface area contributed by atoms with E-state index in [2.05, 4.69) is 5.32 Å². The predicted molar refractivity (Wildman–Crippen MR) is 81.8 cm³/mol. The van der Waals surface area contributed by atoms with Crippen molar-refractivity contribution in [2.45, 2.75) is 6.54 Å². The van der Waals surface area contributed by atoms with Gasteiger partial charge in [-0.1, -0.05) is 18.2 Å². The van der Waals surface area contributed by atoms with Gasteiger partial charge in [-0.2, -0.15) is 0 Å². The topological polar surface area (TPSA) is 73.6 Å². The number of carbonyl (C=O) groups is 1. The minimum atomic E-state index is -0.431. The van der Waals surface area contributed by atoms with E-state index in [-0.39, 0.29) is 0 Å². The number of amides is 1. The second-order valence-electron chi connectivity index (χ2n) is 4.44. The van der Waals surface area contributed by atoms with Crippen molar-refractivity contribution in [2.24, 2.45) is 5.73 Å². The average molecular weight is 286 g/mol. The Morgan fingerprint density at radius 3 is 2.48 bits per heavy atom. The van der Waals surface area contributed by atoms with Crippen molar-refractivity contribution in [3.05, 3.63) is 53.6 Å². The number of rotatable bonds is 6. The third kappa shape index (κ3) is 3.45. The Kier molecular flexibility index (Phi) is 4.66. The fourth-order valence-corrected chi connectivity index (χ4v) is 2.06. The lowest BCUT2D eigenvalue weighted by molar-refractivity contribution is 0.0999. The lowest BCUT2D eigenvalue weighted by Gasteiger charge is -2.12. The van der Waals surface area contributed by atoms with Gasteiger partial charge in [-0.25, -0.2) is 0 Å². The maximum Gasteiger partial charge on any atom is 0.249 e. The van der Waals surface area contributed by atoms with Gasteiger partial charge >= 0.3 is 0 Å². The van der Waals surface area contributed by atoms with Gasteiger partial charge in [-0.15, -0.1) is 0 Å². The molecular formula is C16H18N2O3. The number of ether oxygens (including phenoxy) is 2. The van der Waals surface area contributed by atoms with Crippen molar-refractivity contribution < 1.29 is 14.3 Å². The summed E-state index contributed by atoms with van der Waals surface area (Å²) in [5, 5.41) is 3.24. The first-order valence-corrected chi connectivity index (χ1v) is 6.49. The Balaban J connectivity index is 2.15. The van der Waals surface area contributed by atoms with Gasteiger partial charge in [-0.3, -0.25) is 4.79 Å². The van der Waals surface area contributed by atoms with Crippen molar-refractivity contribution >= 4 is 11.6 Å². The second kappa shape index (κ2) is 6.65. The van der Waals surface area contributed by atoms with Gasteiger partial charge in [0.1, 0.15) is 0 Å². The Bertz CT molecular complexity index is 641. The summed E-state index contributed by atoms with van der Waals surface area (Å²) < 4.78 is 10.4. The summed E-state index contributed by atoms with van der Waals surface area (Å²) in [6.07, 6.45) is 0. The van der Waals surface area contributed by atoms with E-state index in [0.29, 0.717) is 23.6 Å². The standard InChI is InChI=1S/C16H18N2O3/c1-20-14-8-7-12(9-15(14)21-2)18-10-11-5-3-4-6-13(11)16(17)19/h3-9,18H,10H2,1-2H3,(H2,17,19). The summed E-state index contributed by atoms with van der Waals surface area (Å²) in [6, 6.07) is 12.8. The highest BCUT2D eigenvalue weighted by Gasteiger charge is 2.08. The molecule has 2 aromatic carbocycles. The van der Waals surface area contributed by atoms with Gasteiger partial charge in [0.05, 0.1) is 14.2 Å². The molecule has 0 unspecified atom stereocenters. The van der Waals surface area contributed by atoms with Crippen LogP contribution in [0.3, 0.4) is 0 Å². The zero-order valence-corrected chi connectivity index (χ0v) is 12.1. The summed E-state index contributed by atoms with van der Waals surface area (Å²) >= 11 is 0. The zero-order chi connectivity index (χ0) is 15.2. The van der Waals surface area contributed by atoms with Gasteiger partial charge in [0.25, 0.3) is 0 Å². The Hall–Kier alpha value is -2.69. The van der Waals surface area contributed by atoms with Gasteiger partial charge in [0.2, 0.25) is 5.91 Å². The van der Waals surface area contributed by atoms with Crippen LogP contribution in [0.1, 0.15) is 15.9 Å². The van der Waals surface area contributed by atoms with E-state index in [9.17, 15) is 4.79 Å². The SMILES string of the molecule is COc1ccc(NCc2ccccc2C(N)=O)cc1OC. The van der Waals surface area contributed by atoms with Crippen molar-refractivity contribution in [2.75, 3.05) is 19.5 Å². The molecule has 0 bridgehead atoms. The van der Waals surface area contributed by atoms with Gasteiger partial charge in [-0.05, 0) is 23.8 Å². The van der Waals surface area contributed by atoms with Crippen LogP contribution in [0.25, 0.3) is 0 Å². The first kappa shape index (κ1) is 14.7. The summed E-state index contributed by atoms with van der Waals surface area (Å²) in [6.45, 7) is 0.495. The van der Waals surface area contributed by atoms with Crippen molar-refractivity contribution in [3.8, 4) is 11.5 Å². The fraction of sp³-hybridized carbons (Fsp3) is 0.188. The molecule has 0 atom stereocenters. The molecular weight excluding hydrogens is 268 g/mol. The minimum Gasteiger partial charge on any atom is -0.493 e. The number of methoxy groups -OCH3 is 2. The highest BCUT2D eigenvalue weighted by Crippen LogP contribution is 2.29. The summed E-state index contributed by atoms with van der Waals surface area (Å²) in [5.41, 5.74) is 7.60. The van der Waals surface area contributed by atoms with Crippen LogP contribution in [-0.2, 0) is 6.54 Å². The largest absolute Gasteiger partial charge is 0.493 e. The van der Waals surface area contributed by atoms with E-state index >= 15 is 0 Å². The predicted octanol–water partition coefficient (Wildman–Crippen LogP) is 2.41. The molecule has 0 spiro atoms. The number of hydrogen-bond acceptors (Lipinski definition) is 4. The first-order chi connectivity index (χ1) is 10.2. The number of hydrogen-bond donors (Lipinski definition) is 2. The van der Waals surface area contributed by atoms with Crippen LogP contribution in [0, 0.1) is 0 Å². The monoisotopic (exact) mass is 286 g/mol. The smallest absolute Gasteiger partial charge is 0.249 e. The van der Waals surface area contributed by atoms with Gasteiger partial charge in [0, 0.05) is 23.9 Å². The van der Waals surface area contributed by atoms with Crippen LogP contribution in [0.15, 0.2) is 42.5 Å². The third-order valence-electron chi connectivity index (χ3n) is 3.15. The Labute approximate surface area is 123 Å². The highest BCUT2D eigenvalue weighted by molar-refractivity contribution is 5.94. The van der Waals surface area contributed by atoms with Crippen LogP contribution >= 0.6 is 0 Å². The van der Waals surface area contributed by atoms with Crippen molar-refractivity contribution in [1.29, 1.82) is 0 Å². The second-order valence-corrected chi connectivity index (χ2v) is 4.44. The zero-order valence-electron chi connectivity index (χ0n) is 12.1. The number of nitrogens with one attached hydrogen (secondary N) is 1. The Morgan fingerprint density at radius 2 is 1.81 bits per heavy atom. The van der Waals surface area contributed by atoms with E-state index in [1.807, 2.05) is 30.3 Å². The molecule has 3 N–H and O–H groups in total. The molecule has 0 aliphatic rings. The number of nitrogens with two attached hydrogens (primary N) is 1. The van der Waals surface area contributed by atoms with Crippen LogP contribution in [0.4, 0.5) is 5.69 Å². The van der Waals surface area contributed by atoms with E-state index < -0.39 is 5.91 Å². The summed E-state index contributed by atoms with van der Waals surface area (Å²) in [7, 11) is 3.18. The number of benzene rings is 2. The molecule has 0 fully saturated rings. The highest BCUT2D eigenvalue weighted by atomic mass is 16.5. The number of carbonyl (C=O) groups excluding carboxylic acids is 1. The van der Waals surface area contributed by atoms with Gasteiger partial charge < -0.3 is 20.5 Å². The number of anilines is 1. The number of primary amides is 1. The average Bonchev–Trinajstić information content (AvgIpc) is 2.52. The molecule has 110 valence electrons.